The van der Waals surface area contributed by atoms with Gasteiger partial charge in [0.15, 0.2) is 0 Å². The molecule has 1 fully saturated rings. The summed E-state index contributed by atoms with van der Waals surface area (Å²) in [6.07, 6.45) is 2.70. The lowest BCUT2D eigenvalue weighted by Crippen LogP contribution is -2.21. The van der Waals surface area contributed by atoms with Gasteiger partial charge in [-0.1, -0.05) is 13.8 Å². The molecule has 1 aromatic rings. The number of nitrogens with zero attached hydrogens (tertiary/aromatic N) is 1. The minimum Gasteiger partial charge on any atom is -0.308 e. The first-order chi connectivity index (χ1) is 6.25. The van der Waals surface area contributed by atoms with Crippen LogP contribution >= 0.6 is 11.3 Å². The SMILES string of the molecule is CC(C)NCc1nc(C2CC2)cs1. The number of hydrogen-bond acceptors (Lipinski definition) is 3. The Morgan fingerprint density at radius 2 is 2.38 bits per heavy atom. The maximum atomic E-state index is 4.60. The van der Waals surface area contributed by atoms with Crippen LogP contribution in [0.5, 0.6) is 0 Å². The molecule has 3 heteroatoms. The van der Waals surface area contributed by atoms with Crippen molar-refractivity contribution in [1.82, 2.24) is 10.3 Å². The molecule has 1 saturated carbocycles. The van der Waals surface area contributed by atoms with Crippen LogP contribution < -0.4 is 5.32 Å². The maximum Gasteiger partial charge on any atom is 0.107 e. The Labute approximate surface area is 83.4 Å². The molecule has 72 valence electrons. The van der Waals surface area contributed by atoms with Crippen molar-refractivity contribution >= 4 is 11.3 Å². The average Bonchev–Trinajstić information content (AvgIpc) is 2.83. The van der Waals surface area contributed by atoms with Gasteiger partial charge < -0.3 is 5.32 Å². The van der Waals surface area contributed by atoms with Gasteiger partial charge in [-0.05, 0) is 12.8 Å². The molecule has 1 heterocycles. The van der Waals surface area contributed by atoms with E-state index in [4.69, 9.17) is 0 Å². The van der Waals surface area contributed by atoms with Crippen LogP contribution in [0.15, 0.2) is 5.38 Å². The van der Waals surface area contributed by atoms with E-state index in [1.807, 2.05) is 0 Å². The molecule has 1 aliphatic rings. The third-order valence-corrected chi connectivity index (χ3v) is 3.09. The van der Waals surface area contributed by atoms with Crippen molar-refractivity contribution in [3.05, 3.63) is 16.1 Å². The van der Waals surface area contributed by atoms with Gasteiger partial charge in [-0.25, -0.2) is 4.98 Å². The van der Waals surface area contributed by atoms with Crippen molar-refractivity contribution in [2.45, 2.75) is 45.2 Å². The first-order valence-electron chi connectivity index (χ1n) is 4.93. The molecule has 1 aromatic heterocycles. The fourth-order valence-electron chi connectivity index (χ4n) is 1.26. The second-order valence-electron chi connectivity index (χ2n) is 3.98. The number of aromatic nitrogens is 1. The molecule has 2 rings (SSSR count). The Balaban J connectivity index is 1.89. The van der Waals surface area contributed by atoms with Crippen molar-refractivity contribution in [2.24, 2.45) is 0 Å². The van der Waals surface area contributed by atoms with Gasteiger partial charge in [-0.2, -0.15) is 0 Å². The van der Waals surface area contributed by atoms with Gasteiger partial charge in [0.1, 0.15) is 5.01 Å². The monoisotopic (exact) mass is 196 g/mol. The minimum absolute atomic E-state index is 0.549. The summed E-state index contributed by atoms with van der Waals surface area (Å²) in [5, 5.41) is 6.83. The van der Waals surface area contributed by atoms with Crippen LogP contribution in [0.1, 0.15) is 43.3 Å². The topological polar surface area (TPSA) is 24.9 Å². The second kappa shape index (κ2) is 3.76. The molecule has 0 unspecified atom stereocenters. The van der Waals surface area contributed by atoms with Gasteiger partial charge in [-0.15, -0.1) is 11.3 Å². The molecule has 13 heavy (non-hydrogen) atoms. The van der Waals surface area contributed by atoms with Crippen molar-refractivity contribution in [2.75, 3.05) is 0 Å². The van der Waals surface area contributed by atoms with E-state index in [0.717, 1.165) is 12.5 Å². The van der Waals surface area contributed by atoms with E-state index in [2.05, 4.69) is 29.5 Å². The summed E-state index contributed by atoms with van der Waals surface area (Å²) in [6.45, 7) is 5.25. The zero-order valence-electron chi connectivity index (χ0n) is 8.21. The Morgan fingerprint density at radius 1 is 1.62 bits per heavy atom. The van der Waals surface area contributed by atoms with Crippen molar-refractivity contribution in [3.8, 4) is 0 Å². The lowest BCUT2D eigenvalue weighted by atomic mass is 10.3. The minimum atomic E-state index is 0.549. The highest BCUT2D eigenvalue weighted by atomic mass is 32.1. The van der Waals surface area contributed by atoms with Gasteiger partial charge in [0, 0.05) is 23.9 Å². The molecule has 0 saturated heterocycles. The Bertz CT molecular complexity index is 276. The molecule has 1 aliphatic carbocycles. The zero-order valence-corrected chi connectivity index (χ0v) is 9.03. The van der Waals surface area contributed by atoms with E-state index in [1.165, 1.54) is 23.5 Å². The fourth-order valence-corrected chi connectivity index (χ4v) is 2.09. The first-order valence-corrected chi connectivity index (χ1v) is 5.81. The highest BCUT2D eigenvalue weighted by Gasteiger charge is 2.25. The predicted molar refractivity (Wildman–Crippen MR) is 56.1 cm³/mol. The smallest absolute Gasteiger partial charge is 0.107 e. The number of hydrogen-bond donors (Lipinski definition) is 1. The maximum absolute atomic E-state index is 4.60. The summed E-state index contributed by atoms with van der Waals surface area (Å²) in [4.78, 5) is 4.60. The van der Waals surface area contributed by atoms with Gasteiger partial charge >= 0.3 is 0 Å². The van der Waals surface area contributed by atoms with Gasteiger partial charge in [0.2, 0.25) is 0 Å². The third kappa shape index (κ3) is 2.51. The number of thiazole rings is 1. The summed E-state index contributed by atoms with van der Waals surface area (Å²) >= 11 is 1.79. The summed E-state index contributed by atoms with van der Waals surface area (Å²) in [5.74, 6) is 0.795. The molecule has 0 aromatic carbocycles. The highest BCUT2D eigenvalue weighted by molar-refractivity contribution is 7.09. The lowest BCUT2D eigenvalue weighted by Gasteiger charge is -2.04. The normalized spacial score (nSPS) is 16.8. The number of nitrogens with one attached hydrogen (secondary N) is 1. The van der Waals surface area contributed by atoms with Crippen LogP contribution in [-0.4, -0.2) is 11.0 Å². The highest BCUT2D eigenvalue weighted by Crippen LogP contribution is 2.40. The molecule has 0 amide bonds. The second-order valence-corrected chi connectivity index (χ2v) is 4.92. The first kappa shape index (κ1) is 9.16. The van der Waals surface area contributed by atoms with E-state index >= 15 is 0 Å². The largest absolute Gasteiger partial charge is 0.308 e. The third-order valence-electron chi connectivity index (χ3n) is 2.23. The van der Waals surface area contributed by atoms with E-state index in [0.29, 0.717) is 6.04 Å². The molecule has 0 radical (unpaired) electrons. The molecule has 1 N–H and O–H groups in total. The molecule has 2 nitrogen and oxygen atoms in total. The Kier molecular flexibility index (Phi) is 2.65. The molecule has 0 atom stereocenters. The average molecular weight is 196 g/mol. The van der Waals surface area contributed by atoms with Crippen LogP contribution in [-0.2, 0) is 6.54 Å². The van der Waals surface area contributed by atoms with Crippen LogP contribution in [0.2, 0.25) is 0 Å². The van der Waals surface area contributed by atoms with Gasteiger partial charge in [0.05, 0.1) is 5.69 Å². The molecule has 0 spiro atoms. The standard InChI is InChI=1S/C10H16N2S/c1-7(2)11-5-10-12-9(6-13-10)8-3-4-8/h6-8,11H,3-5H2,1-2H3. The Morgan fingerprint density at radius 3 is 3.00 bits per heavy atom. The van der Waals surface area contributed by atoms with Gasteiger partial charge in [-0.3, -0.25) is 0 Å². The van der Waals surface area contributed by atoms with Crippen molar-refractivity contribution in [1.29, 1.82) is 0 Å². The quantitative estimate of drug-likeness (QED) is 0.800. The zero-order chi connectivity index (χ0) is 9.26. The van der Waals surface area contributed by atoms with Crippen molar-refractivity contribution < 1.29 is 0 Å². The van der Waals surface area contributed by atoms with E-state index in [-0.39, 0.29) is 0 Å². The molecular formula is C10H16N2S. The summed E-state index contributed by atoms with van der Waals surface area (Å²) in [6, 6.07) is 0.549. The molecule has 0 bridgehead atoms. The molecular weight excluding hydrogens is 180 g/mol. The van der Waals surface area contributed by atoms with Crippen molar-refractivity contribution in [3.63, 3.8) is 0 Å². The van der Waals surface area contributed by atoms with E-state index < -0.39 is 0 Å². The summed E-state index contributed by atoms with van der Waals surface area (Å²) < 4.78 is 0. The van der Waals surface area contributed by atoms with Gasteiger partial charge in [0.25, 0.3) is 0 Å². The number of rotatable bonds is 4. The lowest BCUT2D eigenvalue weighted by molar-refractivity contribution is 0.586. The van der Waals surface area contributed by atoms with E-state index in [1.54, 1.807) is 11.3 Å². The fraction of sp³-hybridized carbons (Fsp3) is 0.700. The summed E-state index contributed by atoms with van der Waals surface area (Å²) in [5.41, 5.74) is 1.32. The van der Waals surface area contributed by atoms with E-state index in [9.17, 15) is 0 Å². The van der Waals surface area contributed by atoms with Crippen LogP contribution in [0.4, 0.5) is 0 Å². The predicted octanol–water partition coefficient (Wildman–Crippen LogP) is 2.52. The summed E-state index contributed by atoms with van der Waals surface area (Å²) in [7, 11) is 0. The Hall–Kier alpha value is -0.410. The van der Waals surface area contributed by atoms with Crippen LogP contribution in [0, 0.1) is 0 Å². The van der Waals surface area contributed by atoms with Crippen LogP contribution in [0.25, 0.3) is 0 Å². The molecule has 0 aliphatic heterocycles. The van der Waals surface area contributed by atoms with Crippen LogP contribution in [0.3, 0.4) is 0 Å².